The highest BCUT2D eigenvalue weighted by atomic mass is 32.2. The van der Waals surface area contributed by atoms with Gasteiger partial charge in [0.15, 0.2) is 0 Å². The van der Waals surface area contributed by atoms with Gasteiger partial charge in [0.05, 0.1) is 11.4 Å². The van der Waals surface area contributed by atoms with Crippen molar-refractivity contribution in [2.75, 3.05) is 13.2 Å². The highest BCUT2D eigenvalue weighted by molar-refractivity contribution is 8.18. The van der Waals surface area contributed by atoms with Crippen molar-refractivity contribution in [1.82, 2.24) is 4.90 Å². The Labute approximate surface area is 214 Å². The summed E-state index contributed by atoms with van der Waals surface area (Å²) in [6.07, 6.45) is 1.73. The Hall–Kier alpha value is -4.03. The Bertz CT molecular complexity index is 1430. The predicted molar refractivity (Wildman–Crippen MR) is 144 cm³/mol. The van der Waals surface area contributed by atoms with Gasteiger partial charge in [0.2, 0.25) is 0 Å². The Morgan fingerprint density at radius 2 is 1.50 bits per heavy atom. The summed E-state index contributed by atoms with van der Waals surface area (Å²) in [6.45, 7) is 2.92. The first-order valence-electron chi connectivity index (χ1n) is 11.7. The Morgan fingerprint density at radius 3 is 2.28 bits per heavy atom. The van der Waals surface area contributed by atoms with Gasteiger partial charge in [-0.05, 0) is 77.0 Å². The van der Waals surface area contributed by atoms with Crippen molar-refractivity contribution >= 4 is 39.8 Å². The second-order valence-corrected chi connectivity index (χ2v) is 9.53. The number of hydrogen-bond donors (Lipinski definition) is 0. The average molecular weight is 496 g/mol. The van der Waals surface area contributed by atoms with Gasteiger partial charge in [0, 0.05) is 0 Å². The summed E-state index contributed by atoms with van der Waals surface area (Å²) < 4.78 is 11.6. The van der Waals surface area contributed by atoms with Gasteiger partial charge >= 0.3 is 0 Å². The van der Waals surface area contributed by atoms with Crippen LogP contribution in [0.4, 0.5) is 4.79 Å². The normalized spacial score (nSPS) is 14.6. The van der Waals surface area contributed by atoms with Crippen molar-refractivity contribution in [2.24, 2.45) is 0 Å². The Morgan fingerprint density at radius 1 is 0.806 bits per heavy atom. The highest BCUT2D eigenvalue weighted by Gasteiger charge is 2.34. The third kappa shape index (κ3) is 5.61. The number of carbonyl (C=O) groups is 2. The van der Waals surface area contributed by atoms with Crippen molar-refractivity contribution < 1.29 is 19.1 Å². The van der Waals surface area contributed by atoms with Crippen LogP contribution in [0.3, 0.4) is 0 Å². The second-order valence-electron chi connectivity index (χ2n) is 8.53. The van der Waals surface area contributed by atoms with Crippen LogP contribution in [-0.4, -0.2) is 29.2 Å². The van der Waals surface area contributed by atoms with Crippen molar-refractivity contribution in [3.8, 4) is 11.5 Å². The van der Waals surface area contributed by atoms with Gasteiger partial charge in [-0.1, -0.05) is 66.2 Å². The summed E-state index contributed by atoms with van der Waals surface area (Å²) in [5.74, 6) is 1.15. The standard InChI is InChI=1S/C30H25NO4S/c1-21-6-12-26(13-7-21)34-17-16-31-29(32)28(36-30(31)33)19-22-9-14-27(15-10-22)35-20-23-8-11-24-4-2-3-5-25(24)18-23/h2-15,18-19H,16-17,20H2,1H3/b28-19-. The number of hydrogen-bond acceptors (Lipinski definition) is 5. The van der Waals surface area contributed by atoms with Crippen LogP contribution >= 0.6 is 11.8 Å². The molecule has 0 bridgehead atoms. The molecule has 6 heteroatoms. The minimum atomic E-state index is -0.297. The van der Waals surface area contributed by atoms with Crippen LogP contribution in [0.25, 0.3) is 16.8 Å². The molecule has 1 aliphatic rings. The minimum Gasteiger partial charge on any atom is -0.492 e. The second kappa shape index (κ2) is 10.7. The fraction of sp³-hybridized carbons (Fsp3) is 0.133. The maximum absolute atomic E-state index is 12.8. The van der Waals surface area contributed by atoms with Gasteiger partial charge in [0.1, 0.15) is 24.7 Å². The molecule has 5 rings (SSSR count). The van der Waals surface area contributed by atoms with Crippen LogP contribution in [-0.2, 0) is 11.4 Å². The van der Waals surface area contributed by atoms with E-state index in [2.05, 4.69) is 30.3 Å². The number of benzene rings is 4. The molecule has 1 fully saturated rings. The molecule has 0 aromatic heterocycles. The number of imide groups is 1. The highest BCUT2D eigenvalue weighted by Crippen LogP contribution is 2.32. The minimum absolute atomic E-state index is 0.206. The quantitative estimate of drug-likeness (QED) is 0.251. The van der Waals surface area contributed by atoms with E-state index in [4.69, 9.17) is 9.47 Å². The Kier molecular flexibility index (Phi) is 7.05. The molecule has 4 aromatic carbocycles. The van der Waals surface area contributed by atoms with Crippen LogP contribution in [0.2, 0.25) is 0 Å². The average Bonchev–Trinajstić information content (AvgIpc) is 3.16. The van der Waals surface area contributed by atoms with Crippen molar-refractivity contribution in [1.29, 1.82) is 0 Å². The van der Waals surface area contributed by atoms with E-state index in [-0.39, 0.29) is 24.3 Å². The number of rotatable bonds is 8. The van der Waals surface area contributed by atoms with Crippen molar-refractivity contribution in [2.45, 2.75) is 13.5 Å². The molecule has 0 spiro atoms. The number of amides is 2. The van der Waals surface area contributed by atoms with Crippen LogP contribution in [0.1, 0.15) is 16.7 Å². The molecular weight excluding hydrogens is 470 g/mol. The molecule has 180 valence electrons. The lowest BCUT2D eigenvalue weighted by atomic mass is 10.1. The fourth-order valence-electron chi connectivity index (χ4n) is 3.89. The van der Waals surface area contributed by atoms with E-state index in [1.165, 1.54) is 15.7 Å². The van der Waals surface area contributed by atoms with Gasteiger partial charge in [-0.3, -0.25) is 14.5 Å². The van der Waals surface area contributed by atoms with E-state index in [9.17, 15) is 9.59 Å². The van der Waals surface area contributed by atoms with Crippen LogP contribution in [0.5, 0.6) is 11.5 Å². The molecule has 0 radical (unpaired) electrons. The molecule has 0 aliphatic carbocycles. The molecule has 1 heterocycles. The zero-order chi connectivity index (χ0) is 24.9. The van der Waals surface area contributed by atoms with E-state index in [0.29, 0.717) is 17.3 Å². The molecule has 36 heavy (non-hydrogen) atoms. The topological polar surface area (TPSA) is 55.8 Å². The van der Waals surface area contributed by atoms with E-state index < -0.39 is 0 Å². The van der Waals surface area contributed by atoms with E-state index in [1.807, 2.05) is 67.6 Å². The van der Waals surface area contributed by atoms with Gasteiger partial charge in [-0.25, -0.2) is 0 Å². The van der Waals surface area contributed by atoms with E-state index in [0.717, 1.165) is 34.2 Å². The summed E-state index contributed by atoms with van der Waals surface area (Å²) in [5, 5.41) is 2.10. The summed E-state index contributed by atoms with van der Waals surface area (Å²) >= 11 is 0.949. The predicted octanol–water partition coefficient (Wildman–Crippen LogP) is 6.84. The van der Waals surface area contributed by atoms with Crippen LogP contribution in [0, 0.1) is 6.92 Å². The first-order chi connectivity index (χ1) is 17.5. The Balaban J connectivity index is 1.16. The number of ether oxygens (including phenoxy) is 2. The molecule has 0 saturated carbocycles. The lowest BCUT2D eigenvalue weighted by Crippen LogP contribution is -2.32. The SMILES string of the molecule is Cc1ccc(OCCN2C(=O)S/C(=C\c3ccc(OCc4ccc5ccccc5c4)cc3)C2=O)cc1. The summed E-state index contributed by atoms with van der Waals surface area (Å²) in [7, 11) is 0. The van der Waals surface area contributed by atoms with Gasteiger partial charge in [-0.15, -0.1) is 0 Å². The van der Waals surface area contributed by atoms with Gasteiger partial charge < -0.3 is 9.47 Å². The summed E-state index contributed by atoms with van der Waals surface area (Å²) in [4.78, 5) is 26.8. The van der Waals surface area contributed by atoms with Crippen LogP contribution in [0.15, 0.2) is 95.9 Å². The smallest absolute Gasteiger partial charge is 0.293 e. The summed E-state index contributed by atoms with van der Waals surface area (Å²) in [5.41, 5.74) is 3.07. The number of fused-ring (bicyclic) bond motifs is 1. The molecule has 1 aliphatic heterocycles. The lowest BCUT2D eigenvalue weighted by Gasteiger charge is -2.13. The number of aryl methyl sites for hydroxylation is 1. The van der Waals surface area contributed by atoms with Gasteiger partial charge in [-0.2, -0.15) is 0 Å². The molecule has 5 nitrogen and oxygen atoms in total. The number of carbonyl (C=O) groups excluding carboxylic acids is 2. The molecule has 2 amide bonds. The van der Waals surface area contributed by atoms with Crippen LogP contribution < -0.4 is 9.47 Å². The third-order valence-electron chi connectivity index (χ3n) is 5.88. The monoisotopic (exact) mass is 495 g/mol. The molecule has 0 unspecified atom stereocenters. The molecule has 0 atom stereocenters. The largest absolute Gasteiger partial charge is 0.492 e. The zero-order valence-electron chi connectivity index (χ0n) is 19.8. The van der Waals surface area contributed by atoms with E-state index in [1.54, 1.807) is 6.08 Å². The molecule has 4 aromatic rings. The van der Waals surface area contributed by atoms with Gasteiger partial charge in [0.25, 0.3) is 11.1 Å². The van der Waals surface area contributed by atoms with Crippen molar-refractivity contribution in [3.05, 3.63) is 113 Å². The maximum Gasteiger partial charge on any atom is 0.293 e. The van der Waals surface area contributed by atoms with Crippen molar-refractivity contribution in [3.63, 3.8) is 0 Å². The molecule has 0 N–H and O–H groups in total. The summed E-state index contributed by atoms with van der Waals surface area (Å²) in [6, 6.07) is 29.7. The zero-order valence-corrected chi connectivity index (χ0v) is 20.7. The first kappa shape index (κ1) is 23.7. The molecule has 1 saturated heterocycles. The fourth-order valence-corrected chi connectivity index (χ4v) is 4.75. The number of thioether (sulfide) groups is 1. The first-order valence-corrected chi connectivity index (χ1v) is 12.5. The third-order valence-corrected chi connectivity index (χ3v) is 6.78. The van der Waals surface area contributed by atoms with E-state index >= 15 is 0 Å². The lowest BCUT2D eigenvalue weighted by molar-refractivity contribution is -0.123. The maximum atomic E-state index is 12.8. The molecular formula is C30H25NO4S. The number of nitrogens with zero attached hydrogens (tertiary/aromatic N) is 1.